The predicted molar refractivity (Wildman–Crippen MR) is 46.6 cm³/mol. The maximum atomic E-state index is 8.74. The van der Waals surface area contributed by atoms with Gasteiger partial charge in [-0.05, 0) is 0 Å². The van der Waals surface area contributed by atoms with E-state index in [1.807, 2.05) is 0 Å². The van der Waals surface area contributed by atoms with E-state index in [1.165, 1.54) is 0 Å². The first-order valence-corrected chi connectivity index (χ1v) is 6.10. The molecule has 0 spiro atoms. The van der Waals surface area contributed by atoms with Gasteiger partial charge in [-0.2, -0.15) is 8.42 Å². The smallest absolute Gasteiger partial charge is 0.759 e. The zero-order valence-corrected chi connectivity index (χ0v) is 13.7. The van der Waals surface area contributed by atoms with Crippen molar-refractivity contribution in [2.75, 3.05) is 0 Å². The molecule has 0 radical (unpaired) electrons. The number of hydrogen-bond donors (Lipinski definition) is 2. The van der Waals surface area contributed by atoms with Crippen molar-refractivity contribution in [2.45, 2.75) is 0 Å². The molecule has 0 saturated heterocycles. The Balaban J connectivity index is -0.0000000400. The maximum Gasteiger partial charge on any atom is 2.00 e. The zero-order chi connectivity index (χ0) is 13.5. The maximum absolute atomic E-state index is 8.74. The molecule has 0 aliphatic heterocycles. The minimum absolute atomic E-state index is 0. The summed E-state index contributed by atoms with van der Waals surface area (Å²) in [6.45, 7) is 0. The molecule has 0 bridgehead atoms. The van der Waals surface area contributed by atoms with Gasteiger partial charge in [0.2, 0.25) is 0 Å². The molecule has 0 heterocycles. The van der Waals surface area contributed by atoms with Crippen LogP contribution in [-0.4, -0.2) is 113 Å². The molecule has 17 heavy (non-hydrogen) atoms. The number of rotatable bonds is 0. The average molecular weight is 355 g/mol. The Morgan fingerprint density at radius 2 is 0.647 bits per heavy atom. The minimum Gasteiger partial charge on any atom is -0.759 e. The van der Waals surface area contributed by atoms with Gasteiger partial charge in [0.25, 0.3) is 0 Å². The van der Waals surface area contributed by atoms with Crippen molar-refractivity contribution in [3.8, 4) is 0 Å². The fraction of sp³-hybridized carbons (Fsp3) is 0. The molecule has 0 aliphatic carbocycles. The second-order valence-corrected chi connectivity index (χ2v) is 3.79. The summed E-state index contributed by atoms with van der Waals surface area (Å²) in [5.74, 6) is 0. The monoisotopic (exact) mass is 354 g/mol. The van der Waals surface area contributed by atoms with Crippen molar-refractivity contribution in [3.05, 3.63) is 0 Å². The van der Waals surface area contributed by atoms with E-state index in [0.717, 1.165) is 0 Å². The molecular formula is H2CaMgO12S3. The van der Waals surface area contributed by atoms with Crippen molar-refractivity contribution in [3.63, 3.8) is 0 Å². The van der Waals surface area contributed by atoms with Gasteiger partial charge in [-0.1, -0.05) is 0 Å². The summed E-state index contributed by atoms with van der Waals surface area (Å²) < 4.78 is 99.7. The first kappa shape index (κ1) is 31.2. The van der Waals surface area contributed by atoms with Crippen LogP contribution in [0.4, 0.5) is 0 Å². The van der Waals surface area contributed by atoms with Crippen LogP contribution in [0.5, 0.6) is 0 Å². The van der Waals surface area contributed by atoms with Gasteiger partial charge >= 0.3 is 71.2 Å². The summed E-state index contributed by atoms with van der Waals surface area (Å²) in [5.41, 5.74) is 0. The summed E-state index contributed by atoms with van der Waals surface area (Å²) >= 11 is 0. The summed E-state index contributed by atoms with van der Waals surface area (Å²) in [6, 6.07) is 0. The Kier molecular flexibility index (Phi) is 23.2. The molecule has 0 saturated carbocycles. The Morgan fingerprint density at radius 3 is 0.647 bits per heavy atom. The van der Waals surface area contributed by atoms with Crippen LogP contribution in [-0.2, 0) is 31.2 Å². The molecule has 0 rings (SSSR count). The van der Waals surface area contributed by atoms with E-state index < -0.39 is 31.2 Å². The van der Waals surface area contributed by atoms with Gasteiger partial charge in [0.1, 0.15) is 0 Å². The molecule has 0 aromatic rings. The van der Waals surface area contributed by atoms with Crippen molar-refractivity contribution < 1.29 is 52.6 Å². The fourth-order valence-corrected chi connectivity index (χ4v) is 0. The minimum atomic E-state index is -5.17. The Labute approximate surface area is 143 Å². The normalized spacial score (nSPS) is 10.2. The third kappa shape index (κ3) is 1610. The van der Waals surface area contributed by atoms with Crippen molar-refractivity contribution in [1.82, 2.24) is 0 Å². The summed E-state index contributed by atoms with van der Waals surface area (Å²) in [6.07, 6.45) is 0. The molecule has 2 N–H and O–H groups in total. The SMILES string of the molecule is O=S(=O)(O)O.O=S(=O)([O-])[O-].O=S(=O)([O-])[O-].[Ca+2].[Mg+2]. The van der Waals surface area contributed by atoms with Gasteiger partial charge in [0.15, 0.2) is 0 Å². The summed E-state index contributed by atoms with van der Waals surface area (Å²) in [7, 11) is -15.0. The van der Waals surface area contributed by atoms with Crippen LogP contribution in [0.25, 0.3) is 0 Å². The number of hydrogen-bond acceptors (Lipinski definition) is 10. The molecule has 0 amide bonds. The first-order valence-electron chi connectivity index (χ1n) is 2.03. The molecule has 17 heteroatoms. The van der Waals surface area contributed by atoms with Crippen LogP contribution >= 0.6 is 0 Å². The standard InChI is InChI=1S/Ca.Mg.3H2O4S/c;;3*1-5(2,3)4/h;;3*(H2,1,2,3,4)/q2*+2;;;/p-4. The topological polar surface area (TPSA) is 235 Å². The largest absolute Gasteiger partial charge is 2.00 e. The predicted octanol–water partition coefficient (Wildman–Crippen LogP) is -4.09. The van der Waals surface area contributed by atoms with Gasteiger partial charge in [0.05, 0.1) is 0 Å². The molecule has 0 aromatic carbocycles. The Hall–Kier alpha value is 1.64. The van der Waals surface area contributed by atoms with E-state index in [2.05, 4.69) is 0 Å². The van der Waals surface area contributed by atoms with Crippen LogP contribution in [0.1, 0.15) is 0 Å². The van der Waals surface area contributed by atoms with Gasteiger partial charge in [-0.3, -0.25) is 25.9 Å². The fourth-order valence-electron chi connectivity index (χ4n) is 0. The van der Waals surface area contributed by atoms with Crippen molar-refractivity contribution in [2.24, 2.45) is 0 Å². The molecule has 0 aromatic heterocycles. The van der Waals surface area contributed by atoms with Crippen LogP contribution < -0.4 is 0 Å². The van der Waals surface area contributed by atoms with E-state index >= 15 is 0 Å². The molecule has 12 nitrogen and oxygen atoms in total. The molecule has 0 atom stereocenters. The van der Waals surface area contributed by atoms with Gasteiger partial charge in [0, 0.05) is 20.8 Å². The van der Waals surface area contributed by atoms with E-state index in [4.69, 9.17) is 52.6 Å². The second kappa shape index (κ2) is 12.7. The molecular weight excluding hydrogens is 353 g/mol. The zero-order valence-electron chi connectivity index (χ0n) is 7.62. The molecule has 0 fully saturated rings. The third-order valence-electron chi connectivity index (χ3n) is 0. The molecule has 0 unspecified atom stereocenters. The molecule has 0 aliphatic rings. The van der Waals surface area contributed by atoms with Gasteiger partial charge in [-0.15, -0.1) is 0 Å². The van der Waals surface area contributed by atoms with Crippen LogP contribution in [0.3, 0.4) is 0 Å². The summed E-state index contributed by atoms with van der Waals surface area (Å²) in [5, 5.41) is 0. The van der Waals surface area contributed by atoms with E-state index in [9.17, 15) is 0 Å². The first-order chi connectivity index (χ1) is 6.00. The second-order valence-electron chi connectivity index (χ2n) is 1.26. The van der Waals surface area contributed by atoms with Crippen molar-refractivity contribution in [1.29, 1.82) is 0 Å². The average Bonchev–Trinajstić information content (AvgIpc) is 1.41. The quantitative estimate of drug-likeness (QED) is 0.240. The van der Waals surface area contributed by atoms with E-state index in [1.54, 1.807) is 0 Å². The van der Waals surface area contributed by atoms with Crippen LogP contribution in [0, 0.1) is 0 Å². The van der Waals surface area contributed by atoms with Crippen LogP contribution in [0.15, 0.2) is 0 Å². The van der Waals surface area contributed by atoms with E-state index in [0.29, 0.717) is 0 Å². The van der Waals surface area contributed by atoms with Crippen LogP contribution in [0.2, 0.25) is 0 Å². The van der Waals surface area contributed by atoms with Crippen molar-refractivity contribution >= 4 is 92.0 Å². The van der Waals surface area contributed by atoms with E-state index in [-0.39, 0.29) is 60.8 Å². The van der Waals surface area contributed by atoms with Gasteiger partial charge < -0.3 is 18.2 Å². The Morgan fingerprint density at radius 1 is 0.647 bits per heavy atom. The van der Waals surface area contributed by atoms with Gasteiger partial charge in [-0.25, -0.2) is 0 Å². The summed E-state index contributed by atoms with van der Waals surface area (Å²) in [4.78, 5) is 0. The molecule has 96 valence electrons. The third-order valence-corrected chi connectivity index (χ3v) is 0. The Bertz CT molecular complexity index is 343.